The van der Waals surface area contributed by atoms with Crippen LogP contribution >= 0.6 is 0 Å². The van der Waals surface area contributed by atoms with Crippen LogP contribution in [0.3, 0.4) is 0 Å². The van der Waals surface area contributed by atoms with Crippen LogP contribution in [0.2, 0.25) is 0 Å². The zero-order valence-corrected chi connectivity index (χ0v) is 15.5. The minimum Gasteiger partial charge on any atom is -0.337 e. The molecule has 3 rings (SSSR count). The first-order chi connectivity index (χ1) is 12.8. The number of aromatic nitrogens is 4. The minimum atomic E-state index is -4.56. The molecule has 6 nitrogen and oxygen atoms in total. The third-order valence-corrected chi connectivity index (χ3v) is 4.96. The summed E-state index contributed by atoms with van der Waals surface area (Å²) in [5.41, 5.74) is -1.09. The highest BCUT2D eigenvalue weighted by atomic mass is 19.4. The van der Waals surface area contributed by atoms with E-state index in [0.29, 0.717) is 13.1 Å². The van der Waals surface area contributed by atoms with Gasteiger partial charge in [-0.25, -0.2) is 4.98 Å². The maximum absolute atomic E-state index is 12.9. The Balaban J connectivity index is 1.76. The van der Waals surface area contributed by atoms with Crippen LogP contribution in [0.1, 0.15) is 60.5 Å². The molecule has 0 saturated carbocycles. The largest absolute Gasteiger partial charge is 0.435 e. The topological polar surface area (TPSA) is 56.0 Å². The van der Waals surface area contributed by atoms with E-state index in [4.69, 9.17) is 0 Å². The first-order valence-electron chi connectivity index (χ1n) is 9.22. The summed E-state index contributed by atoms with van der Waals surface area (Å²) in [6, 6.07) is 0.828. The van der Waals surface area contributed by atoms with Gasteiger partial charge in [-0.05, 0) is 19.3 Å². The highest BCUT2D eigenvalue weighted by Gasteiger charge is 2.36. The highest BCUT2D eigenvalue weighted by Crippen LogP contribution is 2.30. The maximum Gasteiger partial charge on any atom is 0.435 e. The van der Waals surface area contributed by atoms with Crippen molar-refractivity contribution in [1.29, 1.82) is 0 Å². The number of hydrogen-bond donors (Lipinski definition) is 0. The Morgan fingerprint density at radius 3 is 2.81 bits per heavy atom. The van der Waals surface area contributed by atoms with Gasteiger partial charge in [-0.3, -0.25) is 9.48 Å². The first kappa shape index (κ1) is 19.4. The smallest absolute Gasteiger partial charge is 0.337 e. The van der Waals surface area contributed by atoms with Crippen LogP contribution in [0.25, 0.3) is 0 Å². The molecule has 9 heteroatoms. The lowest BCUT2D eigenvalue weighted by molar-refractivity contribution is -0.141. The monoisotopic (exact) mass is 383 g/mol. The minimum absolute atomic E-state index is 0.0442. The number of alkyl halides is 3. The Kier molecular flexibility index (Phi) is 5.57. The maximum atomic E-state index is 12.9. The second-order valence-corrected chi connectivity index (χ2v) is 6.96. The highest BCUT2D eigenvalue weighted by molar-refractivity contribution is 5.92. The fraction of sp³-hybridized carbons (Fsp3) is 0.611. The molecule has 0 bridgehead atoms. The van der Waals surface area contributed by atoms with E-state index in [2.05, 4.69) is 21.6 Å². The molecule has 0 spiro atoms. The second-order valence-electron chi connectivity index (χ2n) is 6.96. The zero-order valence-electron chi connectivity index (χ0n) is 15.5. The van der Waals surface area contributed by atoms with Crippen molar-refractivity contribution in [2.24, 2.45) is 7.05 Å². The summed E-state index contributed by atoms with van der Waals surface area (Å²) in [5, 5.41) is 3.44. The predicted octanol–water partition coefficient (Wildman–Crippen LogP) is 3.46. The molecule has 0 unspecified atom stereocenters. The molecule has 1 aliphatic heterocycles. The standard InChI is InChI=1S/C18H24F3N5O/c1-3-4-8-25-10-7-22-16(25)13-6-5-9-26(12-13)17(27)14-11-15(18(19,20)21)23-24(14)2/h7,10-11,13H,3-6,8-9,12H2,1-2H3/t13-/m0/s1. The molecule has 1 atom stereocenters. The molecule has 2 aromatic heterocycles. The van der Waals surface area contributed by atoms with Gasteiger partial charge in [-0.15, -0.1) is 0 Å². The normalized spacial score (nSPS) is 18.1. The quantitative estimate of drug-likeness (QED) is 0.795. The summed E-state index contributed by atoms with van der Waals surface area (Å²) < 4.78 is 41.7. The summed E-state index contributed by atoms with van der Waals surface area (Å²) in [5.74, 6) is 0.615. The number of nitrogens with zero attached hydrogens (tertiary/aromatic N) is 5. The molecule has 1 aliphatic rings. The van der Waals surface area contributed by atoms with Crippen molar-refractivity contribution in [3.63, 3.8) is 0 Å². The van der Waals surface area contributed by atoms with Crippen LogP contribution in [0.5, 0.6) is 0 Å². The van der Waals surface area contributed by atoms with Crippen molar-refractivity contribution in [2.45, 2.75) is 51.2 Å². The average molecular weight is 383 g/mol. The van der Waals surface area contributed by atoms with Crippen LogP contribution in [-0.2, 0) is 19.8 Å². The van der Waals surface area contributed by atoms with Crippen molar-refractivity contribution in [3.8, 4) is 0 Å². The Morgan fingerprint density at radius 2 is 2.15 bits per heavy atom. The molecule has 0 aliphatic carbocycles. The molecular weight excluding hydrogens is 359 g/mol. The summed E-state index contributed by atoms with van der Waals surface area (Å²) in [6.07, 6.45) is 2.98. The molecule has 1 fully saturated rings. The van der Waals surface area contributed by atoms with Gasteiger partial charge < -0.3 is 9.47 Å². The van der Waals surface area contributed by atoms with E-state index < -0.39 is 17.8 Å². The second kappa shape index (κ2) is 7.74. The van der Waals surface area contributed by atoms with E-state index in [1.807, 2.05) is 6.20 Å². The number of carbonyl (C=O) groups is 1. The summed E-state index contributed by atoms with van der Waals surface area (Å²) in [6.45, 7) is 3.99. The van der Waals surface area contributed by atoms with Crippen LogP contribution in [0.4, 0.5) is 13.2 Å². The van der Waals surface area contributed by atoms with Crippen LogP contribution < -0.4 is 0 Å². The van der Waals surface area contributed by atoms with Crippen molar-refractivity contribution in [3.05, 3.63) is 35.7 Å². The number of aryl methyl sites for hydroxylation is 2. The molecular formula is C18H24F3N5O. The lowest BCUT2D eigenvalue weighted by Gasteiger charge is -2.32. The van der Waals surface area contributed by atoms with Gasteiger partial charge >= 0.3 is 6.18 Å². The number of piperidine rings is 1. The molecule has 2 aromatic rings. The molecule has 1 amide bonds. The fourth-order valence-corrected chi connectivity index (χ4v) is 3.54. The third kappa shape index (κ3) is 4.17. The molecule has 27 heavy (non-hydrogen) atoms. The van der Waals surface area contributed by atoms with Crippen LogP contribution in [-0.4, -0.2) is 43.2 Å². The molecule has 0 N–H and O–H groups in total. The van der Waals surface area contributed by atoms with E-state index in [9.17, 15) is 18.0 Å². The Morgan fingerprint density at radius 1 is 1.37 bits per heavy atom. The Hall–Kier alpha value is -2.32. The number of rotatable bonds is 5. The summed E-state index contributed by atoms with van der Waals surface area (Å²) in [7, 11) is 1.36. The molecule has 1 saturated heterocycles. The Labute approximate surface area is 156 Å². The van der Waals surface area contributed by atoms with E-state index in [-0.39, 0.29) is 11.6 Å². The lowest BCUT2D eigenvalue weighted by atomic mass is 9.96. The van der Waals surface area contributed by atoms with Crippen molar-refractivity contribution in [2.75, 3.05) is 13.1 Å². The van der Waals surface area contributed by atoms with Gasteiger partial charge in [0.05, 0.1) is 0 Å². The molecule has 0 radical (unpaired) electrons. The number of unbranched alkanes of at least 4 members (excludes halogenated alkanes) is 1. The van der Waals surface area contributed by atoms with Crippen molar-refractivity contribution < 1.29 is 18.0 Å². The van der Waals surface area contributed by atoms with E-state index >= 15 is 0 Å². The van der Waals surface area contributed by atoms with E-state index in [0.717, 1.165) is 48.8 Å². The van der Waals surface area contributed by atoms with Crippen LogP contribution in [0.15, 0.2) is 18.5 Å². The molecule has 3 heterocycles. The van der Waals surface area contributed by atoms with Gasteiger partial charge in [-0.2, -0.15) is 18.3 Å². The number of amides is 1. The Bertz CT molecular complexity index is 795. The number of halogens is 3. The van der Waals surface area contributed by atoms with Gasteiger partial charge in [-0.1, -0.05) is 13.3 Å². The van der Waals surface area contributed by atoms with Gasteiger partial charge in [0.15, 0.2) is 5.69 Å². The van der Waals surface area contributed by atoms with E-state index in [1.54, 1.807) is 11.1 Å². The average Bonchev–Trinajstić information content (AvgIpc) is 3.25. The predicted molar refractivity (Wildman–Crippen MR) is 93.2 cm³/mol. The van der Waals surface area contributed by atoms with Crippen molar-refractivity contribution >= 4 is 5.91 Å². The van der Waals surface area contributed by atoms with Gasteiger partial charge in [0.1, 0.15) is 11.5 Å². The lowest BCUT2D eigenvalue weighted by Crippen LogP contribution is -2.40. The van der Waals surface area contributed by atoms with Gasteiger partial charge in [0.25, 0.3) is 5.91 Å². The first-order valence-corrected chi connectivity index (χ1v) is 9.22. The zero-order chi connectivity index (χ0) is 19.6. The van der Waals surface area contributed by atoms with E-state index in [1.165, 1.54) is 7.05 Å². The van der Waals surface area contributed by atoms with Gasteiger partial charge in [0.2, 0.25) is 0 Å². The summed E-state index contributed by atoms with van der Waals surface area (Å²) in [4.78, 5) is 18.9. The number of hydrogen-bond acceptors (Lipinski definition) is 3. The van der Waals surface area contributed by atoms with Gasteiger partial charge in [0, 0.05) is 51.1 Å². The fourth-order valence-electron chi connectivity index (χ4n) is 3.54. The molecule has 148 valence electrons. The van der Waals surface area contributed by atoms with Crippen LogP contribution in [0, 0.1) is 0 Å². The number of likely N-dealkylation sites (tertiary alicyclic amines) is 1. The number of carbonyl (C=O) groups excluding carboxylic acids is 1. The third-order valence-electron chi connectivity index (χ3n) is 4.96. The SMILES string of the molecule is CCCCn1ccnc1[C@H]1CCCN(C(=O)c2cc(C(F)(F)F)nn2C)C1. The number of imidazole rings is 1. The van der Waals surface area contributed by atoms with Crippen molar-refractivity contribution in [1.82, 2.24) is 24.2 Å². The molecule has 0 aromatic carbocycles. The summed E-state index contributed by atoms with van der Waals surface area (Å²) >= 11 is 0.